The first kappa shape index (κ1) is 11.9. The van der Waals surface area contributed by atoms with Crippen molar-refractivity contribution in [1.82, 2.24) is 0 Å². The second kappa shape index (κ2) is 4.23. The van der Waals surface area contributed by atoms with Gasteiger partial charge < -0.3 is 15.3 Å². The van der Waals surface area contributed by atoms with Gasteiger partial charge in [0.2, 0.25) is 0 Å². The lowest BCUT2D eigenvalue weighted by Crippen LogP contribution is -2.39. The van der Waals surface area contributed by atoms with Crippen molar-refractivity contribution in [2.75, 3.05) is 0 Å². The minimum absolute atomic E-state index is 0.403. The van der Waals surface area contributed by atoms with Crippen LogP contribution in [-0.4, -0.2) is 32.9 Å². The number of hydrogen-bond acceptors (Lipinski definition) is 3. The summed E-state index contributed by atoms with van der Waals surface area (Å²) in [5.41, 5.74) is -1.66. The minimum atomic E-state index is -1.66. The molecule has 0 fully saturated rings. The second-order valence-corrected chi connectivity index (χ2v) is 3.40. The fraction of sp³-hybridized carbons (Fsp3) is 0.750. The Hall–Kier alpha value is -1.10. The molecule has 0 spiro atoms. The number of hydrogen-bond donors (Lipinski definition) is 3. The van der Waals surface area contributed by atoms with Gasteiger partial charge >= 0.3 is 11.9 Å². The summed E-state index contributed by atoms with van der Waals surface area (Å²) < 4.78 is 0. The molecule has 0 aromatic carbocycles. The van der Waals surface area contributed by atoms with Gasteiger partial charge in [0.1, 0.15) is 0 Å². The fourth-order valence-electron chi connectivity index (χ4n) is 0.994. The zero-order valence-corrected chi connectivity index (χ0v) is 7.65. The highest BCUT2D eigenvalue weighted by molar-refractivity contribution is 5.72. The van der Waals surface area contributed by atoms with Crippen molar-refractivity contribution in [1.29, 1.82) is 0 Å². The van der Waals surface area contributed by atoms with E-state index in [9.17, 15) is 14.7 Å². The van der Waals surface area contributed by atoms with Crippen molar-refractivity contribution in [3.63, 3.8) is 0 Å². The van der Waals surface area contributed by atoms with Crippen molar-refractivity contribution >= 4 is 11.9 Å². The van der Waals surface area contributed by atoms with E-state index in [4.69, 9.17) is 10.2 Å². The van der Waals surface area contributed by atoms with Crippen LogP contribution in [0.3, 0.4) is 0 Å². The van der Waals surface area contributed by atoms with E-state index >= 15 is 0 Å². The normalized spacial score (nSPS) is 11.7. The molecule has 76 valence electrons. The van der Waals surface area contributed by atoms with E-state index in [2.05, 4.69) is 0 Å². The molecular weight excluding hydrogens is 176 g/mol. The van der Waals surface area contributed by atoms with Crippen LogP contribution in [-0.2, 0) is 9.59 Å². The molecule has 0 heterocycles. The molecule has 0 aliphatic carbocycles. The van der Waals surface area contributed by atoms with E-state index in [1.54, 1.807) is 13.8 Å². The molecule has 0 saturated carbocycles. The topological polar surface area (TPSA) is 94.8 Å². The van der Waals surface area contributed by atoms with Crippen molar-refractivity contribution < 1.29 is 24.9 Å². The van der Waals surface area contributed by atoms with E-state index < -0.39 is 36.3 Å². The van der Waals surface area contributed by atoms with Crippen molar-refractivity contribution in [3.8, 4) is 0 Å². The maximum Gasteiger partial charge on any atom is 0.306 e. The van der Waals surface area contributed by atoms with Gasteiger partial charge in [-0.1, -0.05) is 13.8 Å². The Bertz CT molecular complexity index is 193. The van der Waals surface area contributed by atoms with E-state index in [1.165, 1.54) is 0 Å². The van der Waals surface area contributed by atoms with Crippen LogP contribution in [0, 0.1) is 5.92 Å². The maximum atomic E-state index is 10.3. The second-order valence-electron chi connectivity index (χ2n) is 3.40. The summed E-state index contributed by atoms with van der Waals surface area (Å²) in [5.74, 6) is -2.80. The van der Waals surface area contributed by atoms with Gasteiger partial charge in [0.15, 0.2) is 0 Å². The third-order valence-corrected chi connectivity index (χ3v) is 1.99. The van der Waals surface area contributed by atoms with Gasteiger partial charge in [0.25, 0.3) is 0 Å². The predicted molar refractivity (Wildman–Crippen MR) is 44.3 cm³/mol. The molecular formula is C8H14O5. The molecule has 5 heteroatoms. The molecule has 0 radical (unpaired) electrons. The quantitative estimate of drug-likeness (QED) is 0.580. The number of rotatable bonds is 5. The first-order valence-electron chi connectivity index (χ1n) is 3.94. The van der Waals surface area contributed by atoms with Gasteiger partial charge in [-0.05, 0) is 5.92 Å². The van der Waals surface area contributed by atoms with Crippen molar-refractivity contribution in [3.05, 3.63) is 0 Å². The summed E-state index contributed by atoms with van der Waals surface area (Å²) >= 11 is 0. The predicted octanol–water partition coefficient (Wildman–Crippen LogP) is 0.323. The number of carbonyl (C=O) groups is 2. The van der Waals surface area contributed by atoms with Gasteiger partial charge in [0.05, 0.1) is 18.4 Å². The molecule has 5 nitrogen and oxygen atoms in total. The third-order valence-electron chi connectivity index (χ3n) is 1.99. The molecule has 3 N–H and O–H groups in total. The summed E-state index contributed by atoms with van der Waals surface area (Å²) in [4.78, 5) is 20.7. The summed E-state index contributed by atoms with van der Waals surface area (Å²) in [6, 6.07) is 0. The van der Waals surface area contributed by atoms with Crippen LogP contribution in [0.15, 0.2) is 0 Å². The van der Waals surface area contributed by atoms with Gasteiger partial charge in [-0.3, -0.25) is 9.59 Å². The minimum Gasteiger partial charge on any atom is -0.481 e. The summed E-state index contributed by atoms with van der Waals surface area (Å²) in [6.45, 7) is 3.18. The third kappa shape index (κ3) is 3.89. The highest BCUT2D eigenvalue weighted by Gasteiger charge is 2.36. The molecule has 0 atom stereocenters. The van der Waals surface area contributed by atoms with E-state index in [-0.39, 0.29) is 0 Å². The van der Waals surface area contributed by atoms with Crippen molar-refractivity contribution in [2.45, 2.75) is 32.3 Å². The lowest BCUT2D eigenvalue weighted by atomic mass is 9.84. The number of aliphatic hydroxyl groups is 1. The molecule has 0 unspecified atom stereocenters. The van der Waals surface area contributed by atoms with E-state index in [1.807, 2.05) is 0 Å². The number of carboxylic acid groups (broad SMARTS) is 2. The average molecular weight is 190 g/mol. The van der Waals surface area contributed by atoms with Gasteiger partial charge in [-0.2, -0.15) is 0 Å². The lowest BCUT2D eigenvalue weighted by molar-refractivity contribution is -0.151. The van der Waals surface area contributed by atoms with Crippen LogP contribution in [0.25, 0.3) is 0 Å². The summed E-state index contributed by atoms with van der Waals surface area (Å²) in [5, 5.41) is 26.6. The van der Waals surface area contributed by atoms with Crippen LogP contribution in [0.2, 0.25) is 0 Å². The molecule has 0 aliphatic heterocycles. The Labute approximate surface area is 76.0 Å². The molecule has 0 saturated heterocycles. The van der Waals surface area contributed by atoms with Crippen LogP contribution in [0.1, 0.15) is 26.7 Å². The Morgan fingerprint density at radius 2 is 1.46 bits per heavy atom. The first-order chi connectivity index (χ1) is 5.78. The van der Waals surface area contributed by atoms with Crippen LogP contribution in [0.4, 0.5) is 0 Å². The fourth-order valence-corrected chi connectivity index (χ4v) is 0.994. The number of aliphatic carboxylic acids is 2. The Morgan fingerprint density at radius 3 is 1.62 bits per heavy atom. The van der Waals surface area contributed by atoms with Crippen LogP contribution in [0.5, 0.6) is 0 Å². The zero-order chi connectivity index (χ0) is 10.6. The molecule has 0 aliphatic rings. The van der Waals surface area contributed by atoms with Gasteiger partial charge in [0, 0.05) is 0 Å². The largest absolute Gasteiger partial charge is 0.481 e. The standard InChI is InChI=1S/C8H14O5/c1-5(2)8(13,3-6(9)10)4-7(11)12/h5,13H,3-4H2,1-2H3,(H,9,10)(H,11,12). The first-order valence-corrected chi connectivity index (χ1v) is 3.94. The Balaban J connectivity index is 4.52. The molecule has 0 rings (SSSR count). The highest BCUT2D eigenvalue weighted by Crippen LogP contribution is 2.25. The maximum absolute atomic E-state index is 10.3. The zero-order valence-electron chi connectivity index (χ0n) is 7.65. The molecule has 0 aromatic heterocycles. The molecule has 0 amide bonds. The van der Waals surface area contributed by atoms with Crippen LogP contribution >= 0.6 is 0 Å². The molecule has 13 heavy (non-hydrogen) atoms. The summed E-state index contributed by atoms with van der Waals surface area (Å²) in [7, 11) is 0. The SMILES string of the molecule is CC(C)C(O)(CC(=O)O)CC(=O)O. The van der Waals surface area contributed by atoms with Gasteiger partial charge in [-0.25, -0.2) is 0 Å². The monoisotopic (exact) mass is 190 g/mol. The van der Waals surface area contributed by atoms with Crippen LogP contribution < -0.4 is 0 Å². The lowest BCUT2D eigenvalue weighted by Gasteiger charge is -2.28. The van der Waals surface area contributed by atoms with E-state index in [0.29, 0.717) is 0 Å². The Kier molecular flexibility index (Phi) is 3.87. The summed E-state index contributed by atoms with van der Waals surface area (Å²) in [6.07, 6.45) is -1.09. The molecule has 0 bridgehead atoms. The Morgan fingerprint density at radius 1 is 1.15 bits per heavy atom. The molecule has 0 aromatic rings. The smallest absolute Gasteiger partial charge is 0.306 e. The van der Waals surface area contributed by atoms with E-state index in [0.717, 1.165) is 0 Å². The highest BCUT2D eigenvalue weighted by atomic mass is 16.4. The number of carboxylic acids is 2. The van der Waals surface area contributed by atoms with Gasteiger partial charge in [-0.15, -0.1) is 0 Å². The average Bonchev–Trinajstić information content (AvgIpc) is 1.82. The van der Waals surface area contributed by atoms with Crippen molar-refractivity contribution in [2.24, 2.45) is 5.92 Å².